The molecule has 2 N–H and O–H groups in total. The van der Waals surface area contributed by atoms with Crippen LogP contribution in [0.25, 0.3) is 0 Å². The van der Waals surface area contributed by atoms with Gasteiger partial charge in [-0.2, -0.15) is 0 Å². The fourth-order valence-electron chi connectivity index (χ4n) is 2.31. The number of anilines is 1. The Morgan fingerprint density at radius 2 is 2.47 bits per heavy atom. The van der Waals surface area contributed by atoms with Gasteiger partial charge in [-0.15, -0.1) is 0 Å². The van der Waals surface area contributed by atoms with E-state index in [9.17, 15) is 0 Å². The molecule has 0 aromatic carbocycles. The Balaban J connectivity index is 1.81. The summed E-state index contributed by atoms with van der Waals surface area (Å²) in [6.45, 7) is 3.38. The van der Waals surface area contributed by atoms with Crippen LogP contribution >= 0.6 is 0 Å². The minimum Gasteiger partial charge on any atom is -0.481 e. The Labute approximate surface area is 103 Å². The van der Waals surface area contributed by atoms with E-state index in [1.807, 2.05) is 18.3 Å². The molecule has 0 aliphatic carbocycles. The molecular weight excluding hydrogens is 214 g/mol. The van der Waals surface area contributed by atoms with Crippen molar-refractivity contribution in [3.63, 3.8) is 0 Å². The van der Waals surface area contributed by atoms with Gasteiger partial charge < -0.3 is 15.4 Å². The molecule has 1 fully saturated rings. The summed E-state index contributed by atoms with van der Waals surface area (Å²) in [5, 5.41) is 6.98. The minimum atomic E-state index is 0.459. The fourth-order valence-corrected chi connectivity index (χ4v) is 2.31. The maximum absolute atomic E-state index is 5.03. The first-order valence-electron chi connectivity index (χ1n) is 6.28. The predicted molar refractivity (Wildman–Crippen MR) is 69.5 cm³/mol. The first kappa shape index (κ1) is 12.2. The van der Waals surface area contributed by atoms with E-state index in [0.717, 1.165) is 12.1 Å². The number of rotatable bonds is 5. The van der Waals surface area contributed by atoms with Crippen molar-refractivity contribution < 1.29 is 4.74 Å². The average molecular weight is 235 g/mol. The first-order chi connectivity index (χ1) is 8.28. The van der Waals surface area contributed by atoms with Gasteiger partial charge in [0.05, 0.1) is 19.0 Å². The van der Waals surface area contributed by atoms with Gasteiger partial charge in [0.2, 0.25) is 5.88 Å². The van der Waals surface area contributed by atoms with Crippen LogP contribution in [0.15, 0.2) is 18.3 Å². The lowest BCUT2D eigenvalue weighted by Crippen LogP contribution is -2.29. The van der Waals surface area contributed by atoms with Crippen molar-refractivity contribution in [1.82, 2.24) is 10.3 Å². The molecule has 4 nitrogen and oxygen atoms in total. The molecular formula is C13H21N3O. The molecule has 2 atom stereocenters. The van der Waals surface area contributed by atoms with E-state index in [4.69, 9.17) is 4.74 Å². The summed E-state index contributed by atoms with van der Waals surface area (Å²) in [4.78, 5) is 4.18. The SMILES string of the molecule is COc1ccc(NC(C)CC2CCCN2)cn1. The summed E-state index contributed by atoms with van der Waals surface area (Å²) in [7, 11) is 1.63. The van der Waals surface area contributed by atoms with Crippen LogP contribution in [0, 0.1) is 0 Å². The van der Waals surface area contributed by atoms with E-state index < -0.39 is 0 Å². The van der Waals surface area contributed by atoms with Gasteiger partial charge >= 0.3 is 0 Å². The third kappa shape index (κ3) is 3.60. The summed E-state index contributed by atoms with van der Waals surface area (Å²) < 4.78 is 5.03. The van der Waals surface area contributed by atoms with Gasteiger partial charge in [-0.05, 0) is 38.8 Å². The molecule has 2 rings (SSSR count). The number of hydrogen-bond acceptors (Lipinski definition) is 4. The zero-order chi connectivity index (χ0) is 12.1. The molecule has 0 amide bonds. The van der Waals surface area contributed by atoms with Gasteiger partial charge in [-0.3, -0.25) is 0 Å². The number of ether oxygens (including phenoxy) is 1. The molecule has 17 heavy (non-hydrogen) atoms. The Bertz CT molecular complexity index is 333. The molecule has 4 heteroatoms. The highest BCUT2D eigenvalue weighted by atomic mass is 16.5. The summed E-state index contributed by atoms with van der Waals surface area (Å²) in [6, 6.07) is 5.01. The Kier molecular flexibility index (Phi) is 4.20. The molecule has 2 unspecified atom stereocenters. The highest BCUT2D eigenvalue weighted by molar-refractivity contribution is 5.42. The van der Waals surface area contributed by atoms with Gasteiger partial charge in [0.1, 0.15) is 0 Å². The van der Waals surface area contributed by atoms with Gasteiger partial charge in [0.25, 0.3) is 0 Å². The number of nitrogens with zero attached hydrogens (tertiary/aromatic N) is 1. The molecule has 0 bridgehead atoms. The van der Waals surface area contributed by atoms with E-state index in [2.05, 4.69) is 22.5 Å². The number of aromatic nitrogens is 1. The molecule has 1 aliphatic heterocycles. The van der Waals surface area contributed by atoms with Crippen molar-refractivity contribution in [2.75, 3.05) is 19.0 Å². The summed E-state index contributed by atoms with van der Waals surface area (Å²) in [5.41, 5.74) is 1.05. The van der Waals surface area contributed by atoms with Crippen LogP contribution in [0.3, 0.4) is 0 Å². The van der Waals surface area contributed by atoms with Crippen molar-refractivity contribution >= 4 is 5.69 Å². The second-order valence-electron chi connectivity index (χ2n) is 4.66. The third-order valence-electron chi connectivity index (χ3n) is 3.16. The third-order valence-corrected chi connectivity index (χ3v) is 3.16. The minimum absolute atomic E-state index is 0.459. The zero-order valence-electron chi connectivity index (χ0n) is 10.6. The lowest BCUT2D eigenvalue weighted by molar-refractivity contribution is 0.398. The molecule has 1 aromatic rings. The summed E-state index contributed by atoms with van der Waals surface area (Å²) in [5.74, 6) is 0.653. The number of methoxy groups -OCH3 is 1. The molecule has 0 spiro atoms. The van der Waals surface area contributed by atoms with Gasteiger partial charge in [-0.1, -0.05) is 0 Å². The Hall–Kier alpha value is -1.29. The maximum atomic E-state index is 5.03. The molecule has 0 radical (unpaired) electrons. The van der Waals surface area contributed by atoms with Crippen LogP contribution in [0.1, 0.15) is 26.2 Å². The van der Waals surface area contributed by atoms with Gasteiger partial charge in [-0.25, -0.2) is 4.98 Å². The molecule has 94 valence electrons. The molecule has 1 aliphatic rings. The monoisotopic (exact) mass is 235 g/mol. The fraction of sp³-hybridized carbons (Fsp3) is 0.615. The maximum Gasteiger partial charge on any atom is 0.213 e. The van der Waals surface area contributed by atoms with Crippen LogP contribution in [0.2, 0.25) is 0 Å². The predicted octanol–water partition coefficient (Wildman–Crippen LogP) is 2.03. The van der Waals surface area contributed by atoms with Crippen molar-refractivity contribution in [3.05, 3.63) is 18.3 Å². The van der Waals surface area contributed by atoms with Crippen LogP contribution < -0.4 is 15.4 Å². The summed E-state index contributed by atoms with van der Waals surface area (Å²) in [6.07, 6.45) is 5.58. The lowest BCUT2D eigenvalue weighted by Gasteiger charge is -2.19. The van der Waals surface area contributed by atoms with E-state index in [1.165, 1.54) is 19.4 Å². The molecule has 1 saturated heterocycles. The van der Waals surface area contributed by atoms with Crippen molar-refractivity contribution in [2.45, 2.75) is 38.3 Å². The normalized spacial score (nSPS) is 21.2. The largest absolute Gasteiger partial charge is 0.481 e. The molecule has 1 aromatic heterocycles. The number of hydrogen-bond donors (Lipinski definition) is 2. The number of pyridine rings is 1. The smallest absolute Gasteiger partial charge is 0.213 e. The van der Waals surface area contributed by atoms with E-state index in [0.29, 0.717) is 18.0 Å². The second-order valence-corrected chi connectivity index (χ2v) is 4.66. The Morgan fingerprint density at radius 1 is 1.59 bits per heavy atom. The number of nitrogens with one attached hydrogen (secondary N) is 2. The Morgan fingerprint density at radius 3 is 3.06 bits per heavy atom. The molecule has 0 saturated carbocycles. The van der Waals surface area contributed by atoms with Gasteiger partial charge in [0.15, 0.2) is 0 Å². The van der Waals surface area contributed by atoms with E-state index in [-0.39, 0.29) is 0 Å². The van der Waals surface area contributed by atoms with Gasteiger partial charge in [0, 0.05) is 18.2 Å². The second kappa shape index (κ2) is 5.87. The van der Waals surface area contributed by atoms with Crippen LogP contribution in [0.5, 0.6) is 5.88 Å². The topological polar surface area (TPSA) is 46.2 Å². The van der Waals surface area contributed by atoms with Crippen LogP contribution in [0.4, 0.5) is 5.69 Å². The van der Waals surface area contributed by atoms with Crippen molar-refractivity contribution in [2.24, 2.45) is 0 Å². The quantitative estimate of drug-likeness (QED) is 0.820. The highest BCUT2D eigenvalue weighted by Gasteiger charge is 2.16. The van der Waals surface area contributed by atoms with E-state index in [1.54, 1.807) is 7.11 Å². The van der Waals surface area contributed by atoms with Crippen molar-refractivity contribution in [1.29, 1.82) is 0 Å². The molecule has 2 heterocycles. The first-order valence-corrected chi connectivity index (χ1v) is 6.28. The zero-order valence-corrected chi connectivity index (χ0v) is 10.6. The highest BCUT2D eigenvalue weighted by Crippen LogP contribution is 2.16. The average Bonchev–Trinajstić information content (AvgIpc) is 2.82. The lowest BCUT2D eigenvalue weighted by atomic mass is 10.1. The van der Waals surface area contributed by atoms with Crippen LogP contribution in [-0.2, 0) is 0 Å². The standard InChI is InChI=1S/C13H21N3O/c1-10(8-11-4-3-7-14-11)16-12-5-6-13(17-2)15-9-12/h5-6,9-11,14,16H,3-4,7-8H2,1-2H3. The van der Waals surface area contributed by atoms with Crippen LogP contribution in [-0.4, -0.2) is 30.7 Å². The van der Waals surface area contributed by atoms with E-state index >= 15 is 0 Å². The van der Waals surface area contributed by atoms with Crippen molar-refractivity contribution in [3.8, 4) is 5.88 Å². The summed E-state index contributed by atoms with van der Waals surface area (Å²) >= 11 is 0.